The van der Waals surface area contributed by atoms with E-state index in [0.29, 0.717) is 17.3 Å². The van der Waals surface area contributed by atoms with Gasteiger partial charge in [-0.25, -0.2) is 0 Å². The number of hydrogen-bond donors (Lipinski definition) is 1. The first-order chi connectivity index (χ1) is 7.74. The molecule has 0 bridgehead atoms. The summed E-state index contributed by atoms with van der Waals surface area (Å²) in [4.78, 5) is 12.3. The molecule has 1 atom stereocenters. The van der Waals surface area contributed by atoms with Crippen LogP contribution < -0.4 is 5.32 Å². The summed E-state index contributed by atoms with van der Waals surface area (Å²) >= 11 is 6.01. The van der Waals surface area contributed by atoms with Gasteiger partial charge < -0.3 is 5.32 Å². The minimum Gasteiger partial charge on any atom is -0.316 e. The number of rotatable bonds is 3. The van der Waals surface area contributed by atoms with E-state index in [2.05, 4.69) is 10.4 Å². The van der Waals surface area contributed by atoms with Crippen molar-refractivity contribution < 1.29 is 4.79 Å². The third-order valence-electron chi connectivity index (χ3n) is 3.00. The summed E-state index contributed by atoms with van der Waals surface area (Å²) in [5, 5.41) is 7.80. The fourth-order valence-corrected chi connectivity index (χ4v) is 2.35. The van der Waals surface area contributed by atoms with Gasteiger partial charge in [0.05, 0.1) is 11.2 Å². The highest BCUT2D eigenvalue weighted by molar-refractivity contribution is 6.33. The average Bonchev–Trinajstić information content (AvgIpc) is 2.70. The van der Waals surface area contributed by atoms with E-state index in [9.17, 15) is 4.79 Å². The molecule has 1 aliphatic heterocycles. The molecule has 1 saturated heterocycles. The van der Waals surface area contributed by atoms with Crippen LogP contribution in [0.3, 0.4) is 0 Å². The van der Waals surface area contributed by atoms with Crippen LogP contribution in [0.2, 0.25) is 5.02 Å². The molecule has 16 heavy (non-hydrogen) atoms. The lowest BCUT2D eigenvalue weighted by atomic mass is 9.93. The molecule has 4 nitrogen and oxygen atoms in total. The topological polar surface area (TPSA) is 46.9 Å². The molecule has 88 valence electrons. The second kappa shape index (κ2) is 4.97. The normalized spacial score (nSPS) is 21.0. The van der Waals surface area contributed by atoms with Crippen LogP contribution in [-0.4, -0.2) is 28.7 Å². The number of ketones is 1. The molecule has 1 aromatic heterocycles. The lowest BCUT2D eigenvalue weighted by molar-refractivity contribution is 0.0889. The van der Waals surface area contributed by atoms with Crippen molar-refractivity contribution in [3.63, 3.8) is 0 Å². The Balaban J connectivity index is 2.21. The summed E-state index contributed by atoms with van der Waals surface area (Å²) in [6.07, 6.45) is 3.54. The maximum Gasteiger partial charge on any atom is 0.186 e. The average molecular weight is 242 g/mol. The van der Waals surface area contributed by atoms with E-state index in [0.717, 1.165) is 25.9 Å². The predicted octanol–water partition coefficient (Wildman–Crippen LogP) is 1.74. The number of halogens is 1. The van der Waals surface area contributed by atoms with Gasteiger partial charge in [0, 0.05) is 19.0 Å². The summed E-state index contributed by atoms with van der Waals surface area (Å²) in [6, 6.07) is 0. The molecular weight excluding hydrogens is 226 g/mol. The molecule has 1 N–H and O–H groups in total. The Labute approximate surface area is 100.0 Å². The molecule has 0 spiro atoms. The Morgan fingerprint density at radius 2 is 2.56 bits per heavy atom. The predicted molar refractivity (Wildman–Crippen MR) is 62.8 cm³/mol. The van der Waals surface area contributed by atoms with E-state index in [-0.39, 0.29) is 11.7 Å². The second-order valence-electron chi connectivity index (χ2n) is 4.06. The molecule has 2 rings (SSSR count). The van der Waals surface area contributed by atoms with Gasteiger partial charge in [-0.1, -0.05) is 11.6 Å². The summed E-state index contributed by atoms with van der Waals surface area (Å²) in [7, 11) is 0. The van der Waals surface area contributed by atoms with Crippen molar-refractivity contribution in [1.29, 1.82) is 0 Å². The van der Waals surface area contributed by atoms with Crippen molar-refractivity contribution in [3.05, 3.63) is 16.9 Å². The van der Waals surface area contributed by atoms with Gasteiger partial charge in [0.2, 0.25) is 0 Å². The van der Waals surface area contributed by atoms with Gasteiger partial charge in [-0.3, -0.25) is 9.48 Å². The van der Waals surface area contributed by atoms with Crippen LogP contribution in [0.1, 0.15) is 30.3 Å². The summed E-state index contributed by atoms with van der Waals surface area (Å²) in [5.74, 6) is 0.171. The number of carbonyl (C=O) groups is 1. The SMILES string of the molecule is CCn1ncc(Cl)c1C(=O)C1CCCNC1. The Hall–Kier alpha value is -0.870. The van der Waals surface area contributed by atoms with Crippen LogP contribution in [0.25, 0.3) is 0 Å². The zero-order valence-electron chi connectivity index (χ0n) is 9.37. The molecule has 1 fully saturated rings. The quantitative estimate of drug-likeness (QED) is 0.820. The van der Waals surface area contributed by atoms with Gasteiger partial charge in [0.1, 0.15) is 5.69 Å². The van der Waals surface area contributed by atoms with Crippen LogP contribution in [-0.2, 0) is 6.54 Å². The number of piperidine rings is 1. The van der Waals surface area contributed by atoms with Crippen LogP contribution >= 0.6 is 11.6 Å². The van der Waals surface area contributed by atoms with E-state index in [1.165, 1.54) is 0 Å². The molecule has 5 heteroatoms. The first-order valence-corrected chi connectivity index (χ1v) is 6.08. The van der Waals surface area contributed by atoms with Gasteiger partial charge in [0.15, 0.2) is 5.78 Å². The maximum absolute atomic E-state index is 12.3. The van der Waals surface area contributed by atoms with E-state index < -0.39 is 0 Å². The number of hydrogen-bond acceptors (Lipinski definition) is 3. The smallest absolute Gasteiger partial charge is 0.186 e. The largest absolute Gasteiger partial charge is 0.316 e. The van der Waals surface area contributed by atoms with Crippen molar-refractivity contribution in [2.75, 3.05) is 13.1 Å². The first kappa shape index (κ1) is 11.6. The second-order valence-corrected chi connectivity index (χ2v) is 4.47. The standard InChI is InChI=1S/C11H16ClN3O/c1-2-15-10(9(12)7-14-15)11(16)8-4-3-5-13-6-8/h7-8,13H,2-6H2,1H3. The van der Waals surface area contributed by atoms with Crippen molar-refractivity contribution in [1.82, 2.24) is 15.1 Å². The summed E-state index contributed by atoms with van der Waals surface area (Å²) < 4.78 is 1.68. The van der Waals surface area contributed by atoms with E-state index in [1.54, 1.807) is 10.9 Å². The van der Waals surface area contributed by atoms with Gasteiger partial charge in [-0.15, -0.1) is 0 Å². The number of aryl methyl sites for hydroxylation is 1. The van der Waals surface area contributed by atoms with Crippen LogP contribution in [0, 0.1) is 5.92 Å². The maximum atomic E-state index is 12.3. The Kier molecular flexibility index (Phi) is 3.61. The molecule has 1 unspecified atom stereocenters. The lowest BCUT2D eigenvalue weighted by Crippen LogP contribution is -2.35. The Bertz CT molecular complexity index is 383. The first-order valence-electron chi connectivity index (χ1n) is 5.70. The minimum absolute atomic E-state index is 0.0493. The summed E-state index contributed by atoms with van der Waals surface area (Å²) in [5.41, 5.74) is 0.567. The van der Waals surface area contributed by atoms with Gasteiger partial charge >= 0.3 is 0 Å². The molecule has 0 aromatic carbocycles. The van der Waals surface area contributed by atoms with Gasteiger partial charge in [-0.2, -0.15) is 5.10 Å². The molecule has 1 aliphatic rings. The lowest BCUT2D eigenvalue weighted by Gasteiger charge is -2.21. The molecule has 0 aliphatic carbocycles. The minimum atomic E-state index is 0.0493. The third-order valence-corrected chi connectivity index (χ3v) is 3.27. The Morgan fingerprint density at radius 3 is 3.19 bits per heavy atom. The molecule has 0 amide bonds. The van der Waals surface area contributed by atoms with Crippen LogP contribution in [0.5, 0.6) is 0 Å². The molecule has 1 aromatic rings. The molecule has 0 saturated carbocycles. The monoisotopic (exact) mass is 241 g/mol. The molecule has 0 radical (unpaired) electrons. The number of nitrogens with one attached hydrogen (secondary N) is 1. The van der Waals surface area contributed by atoms with E-state index in [4.69, 9.17) is 11.6 Å². The fraction of sp³-hybridized carbons (Fsp3) is 0.636. The Morgan fingerprint density at radius 1 is 1.75 bits per heavy atom. The summed E-state index contributed by atoms with van der Waals surface area (Å²) in [6.45, 7) is 4.39. The highest BCUT2D eigenvalue weighted by atomic mass is 35.5. The fourth-order valence-electron chi connectivity index (χ4n) is 2.12. The van der Waals surface area contributed by atoms with Crippen molar-refractivity contribution >= 4 is 17.4 Å². The van der Waals surface area contributed by atoms with E-state index in [1.807, 2.05) is 6.92 Å². The highest BCUT2D eigenvalue weighted by Crippen LogP contribution is 2.22. The number of Topliss-reactive ketones (excluding diaryl/α,β-unsaturated/α-hetero) is 1. The number of carbonyl (C=O) groups excluding carboxylic acids is 1. The number of nitrogens with zero attached hydrogens (tertiary/aromatic N) is 2. The van der Waals surface area contributed by atoms with Crippen LogP contribution in [0.4, 0.5) is 0 Å². The van der Waals surface area contributed by atoms with Crippen molar-refractivity contribution in [3.8, 4) is 0 Å². The molecule has 2 heterocycles. The van der Waals surface area contributed by atoms with Crippen molar-refractivity contribution in [2.45, 2.75) is 26.3 Å². The third kappa shape index (κ3) is 2.13. The van der Waals surface area contributed by atoms with Gasteiger partial charge in [-0.05, 0) is 26.3 Å². The van der Waals surface area contributed by atoms with Crippen molar-refractivity contribution in [2.24, 2.45) is 5.92 Å². The van der Waals surface area contributed by atoms with Gasteiger partial charge in [0.25, 0.3) is 0 Å². The zero-order valence-corrected chi connectivity index (χ0v) is 10.1. The zero-order chi connectivity index (χ0) is 11.5. The molecular formula is C11H16ClN3O. The highest BCUT2D eigenvalue weighted by Gasteiger charge is 2.26. The van der Waals surface area contributed by atoms with Crippen LogP contribution in [0.15, 0.2) is 6.20 Å². The number of aromatic nitrogens is 2. The van der Waals surface area contributed by atoms with E-state index >= 15 is 0 Å².